The zero-order valence-corrected chi connectivity index (χ0v) is 8.17. The molecule has 7 heteroatoms. The summed E-state index contributed by atoms with van der Waals surface area (Å²) in [5.41, 5.74) is 0. The fourth-order valence-electron chi connectivity index (χ4n) is 1.61. The molecule has 15 heavy (non-hydrogen) atoms. The molecule has 2 rings (SSSR count). The van der Waals surface area contributed by atoms with Crippen LogP contribution in [0.4, 0.5) is 0 Å². The second kappa shape index (κ2) is 4.35. The van der Waals surface area contributed by atoms with Gasteiger partial charge in [0.15, 0.2) is 5.82 Å². The Labute approximate surface area is 86.0 Å². The number of carboxylic acids is 1. The topological polar surface area (TPSA) is 90.1 Å². The number of aromatic nitrogens is 4. The minimum atomic E-state index is -0.932. The molecule has 1 aromatic heterocycles. The van der Waals surface area contributed by atoms with Crippen LogP contribution in [-0.4, -0.2) is 44.0 Å². The molecule has 7 nitrogen and oxygen atoms in total. The Kier molecular flexibility index (Phi) is 2.91. The number of nitrogens with zero attached hydrogens (tertiary/aromatic N) is 4. The molecule has 1 unspecified atom stereocenters. The molecule has 2 heterocycles. The zero-order chi connectivity index (χ0) is 10.7. The zero-order valence-electron chi connectivity index (χ0n) is 8.17. The average Bonchev–Trinajstić information content (AvgIpc) is 2.78. The van der Waals surface area contributed by atoms with Gasteiger partial charge in [-0.3, -0.25) is 4.79 Å². The molecule has 1 atom stereocenters. The highest BCUT2D eigenvalue weighted by molar-refractivity contribution is 5.68. The lowest BCUT2D eigenvalue weighted by Crippen LogP contribution is -2.19. The Morgan fingerprint density at radius 2 is 2.53 bits per heavy atom. The van der Waals surface area contributed by atoms with Crippen molar-refractivity contribution in [1.29, 1.82) is 0 Å². The van der Waals surface area contributed by atoms with Crippen LogP contribution in [-0.2, 0) is 22.5 Å². The number of ether oxygens (including phenoxy) is 1. The maximum Gasteiger partial charge on any atom is 0.311 e. The van der Waals surface area contributed by atoms with E-state index in [2.05, 4.69) is 15.5 Å². The van der Waals surface area contributed by atoms with Crippen LogP contribution in [0, 0.1) is 0 Å². The molecule has 1 fully saturated rings. The molecule has 0 aliphatic carbocycles. The first-order valence-electron chi connectivity index (χ1n) is 4.84. The molecule has 1 aromatic rings. The van der Waals surface area contributed by atoms with Gasteiger partial charge in [-0.1, -0.05) is 0 Å². The maximum atomic E-state index is 10.5. The predicted octanol–water partition coefficient (Wildman–Crippen LogP) is -0.521. The first-order valence-corrected chi connectivity index (χ1v) is 4.84. The van der Waals surface area contributed by atoms with E-state index in [4.69, 9.17) is 9.84 Å². The monoisotopic (exact) mass is 212 g/mol. The van der Waals surface area contributed by atoms with Crippen LogP contribution < -0.4 is 0 Å². The van der Waals surface area contributed by atoms with Crippen LogP contribution >= 0.6 is 0 Å². The number of rotatable bonds is 4. The highest BCUT2D eigenvalue weighted by Gasteiger charge is 2.19. The van der Waals surface area contributed by atoms with Crippen LogP contribution in [0.15, 0.2) is 0 Å². The number of tetrazole rings is 1. The van der Waals surface area contributed by atoms with E-state index < -0.39 is 5.97 Å². The van der Waals surface area contributed by atoms with E-state index >= 15 is 0 Å². The van der Waals surface area contributed by atoms with E-state index in [-0.39, 0.29) is 12.5 Å². The number of aliphatic carboxylic acids is 1. The third-order valence-corrected chi connectivity index (χ3v) is 2.32. The molecule has 1 aliphatic heterocycles. The molecule has 0 aromatic carbocycles. The summed E-state index contributed by atoms with van der Waals surface area (Å²) in [6, 6.07) is 0. The van der Waals surface area contributed by atoms with Crippen molar-refractivity contribution in [2.75, 3.05) is 6.61 Å². The van der Waals surface area contributed by atoms with Gasteiger partial charge in [0.2, 0.25) is 0 Å². The Balaban J connectivity index is 2.00. The van der Waals surface area contributed by atoms with E-state index in [1.54, 1.807) is 0 Å². The van der Waals surface area contributed by atoms with E-state index in [0.29, 0.717) is 12.4 Å². The Bertz CT molecular complexity index is 345. The van der Waals surface area contributed by atoms with Crippen LogP contribution in [0.5, 0.6) is 0 Å². The van der Waals surface area contributed by atoms with Gasteiger partial charge in [-0.15, -0.1) is 5.10 Å². The third kappa shape index (κ3) is 2.50. The van der Waals surface area contributed by atoms with Gasteiger partial charge in [-0.25, -0.2) is 4.68 Å². The van der Waals surface area contributed by atoms with E-state index in [0.717, 1.165) is 19.4 Å². The predicted molar refractivity (Wildman–Crippen MR) is 48.1 cm³/mol. The lowest BCUT2D eigenvalue weighted by atomic mass is 10.2. The fraction of sp³-hybridized carbons (Fsp3) is 0.750. The first-order chi connectivity index (χ1) is 7.25. The third-order valence-electron chi connectivity index (χ3n) is 2.32. The molecule has 82 valence electrons. The van der Waals surface area contributed by atoms with Crippen molar-refractivity contribution in [1.82, 2.24) is 20.2 Å². The SMILES string of the molecule is O=C(O)Cc1nnnn1CC1CCCO1. The lowest BCUT2D eigenvalue weighted by Gasteiger charge is -2.09. The maximum absolute atomic E-state index is 10.5. The number of hydrogen-bond acceptors (Lipinski definition) is 5. The highest BCUT2D eigenvalue weighted by Crippen LogP contribution is 2.13. The number of carboxylic acid groups (broad SMARTS) is 1. The normalized spacial score (nSPS) is 20.7. The second-order valence-electron chi connectivity index (χ2n) is 3.48. The molecule has 0 bridgehead atoms. The minimum Gasteiger partial charge on any atom is -0.481 e. The van der Waals surface area contributed by atoms with Crippen LogP contribution in [0.3, 0.4) is 0 Å². The Hall–Kier alpha value is -1.50. The van der Waals surface area contributed by atoms with Gasteiger partial charge >= 0.3 is 5.97 Å². The number of hydrogen-bond donors (Lipinski definition) is 1. The lowest BCUT2D eigenvalue weighted by molar-refractivity contribution is -0.136. The van der Waals surface area contributed by atoms with Crippen LogP contribution in [0.25, 0.3) is 0 Å². The molecule has 0 amide bonds. The summed E-state index contributed by atoms with van der Waals surface area (Å²) >= 11 is 0. The molecule has 0 saturated carbocycles. The van der Waals surface area contributed by atoms with Gasteiger partial charge in [0.05, 0.1) is 12.6 Å². The van der Waals surface area contributed by atoms with Crippen molar-refractivity contribution in [2.24, 2.45) is 0 Å². The summed E-state index contributed by atoms with van der Waals surface area (Å²) in [6.45, 7) is 1.30. The molecule has 1 saturated heterocycles. The smallest absolute Gasteiger partial charge is 0.311 e. The summed E-state index contributed by atoms with van der Waals surface area (Å²) in [4.78, 5) is 10.5. The summed E-state index contributed by atoms with van der Waals surface area (Å²) in [6.07, 6.45) is 1.98. The Morgan fingerprint density at radius 3 is 3.20 bits per heavy atom. The van der Waals surface area contributed by atoms with Gasteiger partial charge in [0.1, 0.15) is 6.42 Å². The molecule has 0 radical (unpaired) electrons. The van der Waals surface area contributed by atoms with Crippen LogP contribution in [0.2, 0.25) is 0 Å². The average molecular weight is 212 g/mol. The summed E-state index contributed by atoms with van der Waals surface area (Å²) < 4.78 is 6.93. The van der Waals surface area contributed by atoms with Crippen molar-refractivity contribution >= 4 is 5.97 Å². The van der Waals surface area contributed by atoms with Gasteiger partial charge in [0, 0.05) is 6.61 Å². The summed E-state index contributed by atoms with van der Waals surface area (Å²) in [7, 11) is 0. The molecule has 1 N–H and O–H groups in total. The van der Waals surface area contributed by atoms with Crippen molar-refractivity contribution in [3.8, 4) is 0 Å². The van der Waals surface area contributed by atoms with Crippen molar-refractivity contribution < 1.29 is 14.6 Å². The van der Waals surface area contributed by atoms with Crippen molar-refractivity contribution in [3.63, 3.8) is 0 Å². The summed E-state index contributed by atoms with van der Waals surface area (Å²) in [5, 5.41) is 19.5. The molecular weight excluding hydrogens is 200 g/mol. The van der Waals surface area contributed by atoms with Gasteiger partial charge < -0.3 is 9.84 Å². The van der Waals surface area contributed by atoms with Gasteiger partial charge in [-0.05, 0) is 23.3 Å². The van der Waals surface area contributed by atoms with Crippen LogP contribution in [0.1, 0.15) is 18.7 Å². The van der Waals surface area contributed by atoms with Gasteiger partial charge in [-0.2, -0.15) is 0 Å². The highest BCUT2D eigenvalue weighted by atomic mass is 16.5. The largest absolute Gasteiger partial charge is 0.481 e. The van der Waals surface area contributed by atoms with E-state index in [9.17, 15) is 4.79 Å². The van der Waals surface area contributed by atoms with E-state index in [1.807, 2.05) is 0 Å². The first kappa shape index (κ1) is 10.0. The van der Waals surface area contributed by atoms with Crippen molar-refractivity contribution in [3.05, 3.63) is 5.82 Å². The molecular formula is C8H12N4O3. The Morgan fingerprint density at radius 1 is 1.67 bits per heavy atom. The second-order valence-corrected chi connectivity index (χ2v) is 3.48. The molecule has 0 spiro atoms. The fourth-order valence-corrected chi connectivity index (χ4v) is 1.61. The summed E-state index contributed by atoms with van der Waals surface area (Å²) in [5.74, 6) is -0.559. The minimum absolute atomic E-state index is 0.112. The van der Waals surface area contributed by atoms with Gasteiger partial charge in [0.25, 0.3) is 0 Å². The number of carbonyl (C=O) groups is 1. The molecule has 1 aliphatic rings. The quantitative estimate of drug-likeness (QED) is 0.722. The van der Waals surface area contributed by atoms with E-state index in [1.165, 1.54) is 4.68 Å². The standard InChI is InChI=1S/C8H12N4O3/c13-8(14)4-7-9-10-11-12(7)5-6-2-1-3-15-6/h6H,1-5H2,(H,13,14). The van der Waals surface area contributed by atoms with Crippen molar-refractivity contribution in [2.45, 2.75) is 31.9 Å².